The average Bonchev–Trinajstić information content (AvgIpc) is 1.65. The lowest BCUT2D eigenvalue weighted by molar-refractivity contribution is 0.165. The van der Waals surface area contributed by atoms with Crippen LogP contribution in [0.1, 0.15) is 56.6 Å². The van der Waals surface area contributed by atoms with E-state index in [0.717, 1.165) is 125 Å². The Kier molecular flexibility index (Phi) is 24.9. The van der Waals surface area contributed by atoms with E-state index in [1.807, 2.05) is 214 Å². The summed E-state index contributed by atoms with van der Waals surface area (Å²) >= 11 is 0. The van der Waals surface area contributed by atoms with Gasteiger partial charge in [-0.3, -0.25) is 23.4 Å². The van der Waals surface area contributed by atoms with E-state index >= 15 is 0 Å². The van der Waals surface area contributed by atoms with Gasteiger partial charge in [0.15, 0.2) is 28.8 Å². The van der Waals surface area contributed by atoms with Gasteiger partial charge in [-0.05, 0) is 144 Å². The summed E-state index contributed by atoms with van der Waals surface area (Å²) < 4.78 is 62.8. The van der Waals surface area contributed by atoms with Crippen LogP contribution in [-0.2, 0) is 70.4 Å². The third kappa shape index (κ3) is 18.3. The third-order valence-corrected chi connectivity index (χ3v) is 20.1. The zero-order valence-electron chi connectivity index (χ0n) is 66.2. The van der Waals surface area contributed by atoms with Crippen molar-refractivity contribution in [3.05, 3.63) is 384 Å². The highest BCUT2D eigenvalue weighted by Gasteiger charge is 2.22. The zero-order chi connectivity index (χ0) is 82.1. The van der Waals surface area contributed by atoms with Gasteiger partial charge in [-0.2, -0.15) is 25.5 Å². The van der Waals surface area contributed by atoms with Gasteiger partial charge in [-0.25, -0.2) is 4.39 Å². The molecule has 10 aromatic heterocycles. The van der Waals surface area contributed by atoms with Gasteiger partial charge in [-0.15, -0.1) is 0 Å². The summed E-state index contributed by atoms with van der Waals surface area (Å²) in [5.74, 6) is 7.18. The molecule has 22 heteroatoms. The van der Waals surface area contributed by atoms with Crippen LogP contribution >= 0.6 is 0 Å². The third-order valence-electron chi connectivity index (χ3n) is 20.1. The normalized spacial score (nSPS) is 11.2. The maximum atomic E-state index is 13.7. The van der Waals surface area contributed by atoms with Crippen molar-refractivity contribution in [1.29, 1.82) is 0 Å². The quantitative estimate of drug-likeness (QED) is 0.0465. The van der Waals surface area contributed by atoms with E-state index in [1.54, 1.807) is 49.2 Å². The minimum Gasteiger partial charge on any atom is -0.497 e. The van der Waals surface area contributed by atoms with E-state index in [1.165, 1.54) is 28.8 Å². The molecule has 0 atom stereocenters. The number of nitrogens with one attached hydrogen (secondary N) is 1. The number of halogens is 1. The van der Waals surface area contributed by atoms with Crippen LogP contribution in [-0.4, -0.2) is 85.5 Å². The first-order valence-electron chi connectivity index (χ1n) is 39.3. The molecule has 0 bridgehead atoms. The van der Waals surface area contributed by atoms with Crippen LogP contribution < -0.4 is 10.1 Å². The summed E-state index contributed by atoms with van der Waals surface area (Å²) in [6, 6.07) is 105. The minimum absolute atomic E-state index is 0.108. The molecule has 10 heterocycles. The number of aliphatic hydroxyl groups is 3. The highest BCUT2D eigenvalue weighted by atomic mass is 19.1. The predicted octanol–water partition coefficient (Wildman–Crippen LogP) is 20.2. The number of ether oxygens (including phenoxy) is 2. The van der Waals surface area contributed by atoms with Crippen LogP contribution in [0.5, 0.6) is 5.75 Å². The van der Waals surface area contributed by atoms with Crippen LogP contribution in [0.15, 0.2) is 344 Å². The Balaban J connectivity index is 0.000000112. The van der Waals surface area contributed by atoms with Gasteiger partial charge in [0.25, 0.3) is 0 Å². The lowest BCUT2D eigenvalue weighted by Crippen LogP contribution is -2.03. The molecule has 0 spiro atoms. The van der Waals surface area contributed by atoms with Gasteiger partial charge in [0.1, 0.15) is 95.3 Å². The monoisotopic (exact) mass is 1600 g/mol. The molecule has 0 fully saturated rings. The number of para-hydroxylation sites is 3. The van der Waals surface area contributed by atoms with Crippen LogP contribution in [0.3, 0.4) is 0 Å². The molecule has 0 aliphatic heterocycles. The second kappa shape index (κ2) is 37.6. The molecule has 0 saturated heterocycles. The number of rotatable bonds is 23. The number of hydrogen-bond donors (Lipinski definition) is 4. The first-order valence-corrected chi connectivity index (χ1v) is 39.3. The highest BCUT2D eigenvalue weighted by molar-refractivity contribution is 5.96. The Morgan fingerprint density at radius 2 is 0.575 bits per heavy atom. The van der Waals surface area contributed by atoms with Crippen LogP contribution in [0.2, 0.25) is 0 Å². The van der Waals surface area contributed by atoms with E-state index in [9.17, 15) is 19.7 Å². The van der Waals surface area contributed by atoms with Gasteiger partial charge in [0.05, 0.1) is 74.0 Å². The van der Waals surface area contributed by atoms with E-state index in [2.05, 4.69) is 101 Å². The number of methoxy groups -OCH3 is 2. The molecule has 0 unspecified atom stereocenters. The van der Waals surface area contributed by atoms with Gasteiger partial charge in [0, 0.05) is 40.1 Å². The Hall–Kier alpha value is -14.5. The number of hydrogen-bond acceptors (Lipinski definition) is 16. The SMILES string of the molecule is CNCc1ccc(-c2nn(Cc3ccccc3)c3ccccc23)o1.COCc1ccc(-c2nn(Cc3ccccc3)c3ccccc23)o1.COc1ccc2c(-c3ccc(CO)o3)nn(Cc3ccccc3)c2c1.OCc1ccc(-c2nn(Cc3ccccc3)c3cc(F)ccc23)o1.OCc1ccc(-c2nn(Cc3ccccc3)c3ccccc23)o1. The number of aromatic nitrogens is 10. The molecular formula is C98H86FN11O10. The van der Waals surface area contributed by atoms with E-state index in [4.69, 9.17) is 52.0 Å². The van der Waals surface area contributed by atoms with Crippen molar-refractivity contribution < 1.29 is 51.3 Å². The Morgan fingerprint density at radius 3 is 0.892 bits per heavy atom. The first kappa shape index (κ1) is 79.3. The molecular weight excluding hydrogens is 1510 g/mol. The maximum absolute atomic E-state index is 13.7. The summed E-state index contributed by atoms with van der Waals surface area (Å²) in [4.78, 5) is 0. The summed E-state index contributed by atoms with van der Waals surface area (Å²) in [5, 5.41) is 59.5. The lowest BCUT2D eigenvalue weighted by Gasteiger charge is -2.05. The summed E-state index contributed by atoms with van der Waals surface area (Å²) in [5.41, 5.74) is 14.8. The molecule has 0 amide bonds. The number of fused-ring (bicyclic) bond motifs is 5. The topological polar surface area (TPSA) is 246 Å². The fourth-order valence-electron chi connectivity index (χ4n) is 14.4. The Bertz CT molecular complexity index is 6550. The molecule has 0 aliphatic carbocycles. The van der Waals surface area contributed by atoms with Gasteiger partial charge < -0.3 is 52.2 Å². The van der Waals surface area contributed by atoms with E-state index < -0.39 is 0 Å². The molecule has 0 radical (unpaired) electrons. The first-order chi connectivity index (χ1) is 59.1. The summed E-state index contributed by atoms with van der Waals surface area (Å²) in [6.07, 6.45) is 0. The van der Waals surface area contributed by atoms with Gasteiger partial charge in [0.2, 0.25) is 0 Å². The molecule has 20 rings (SSSR count). The molecule has 600 valence electrons. The fourth-order valence-corrected chi connectivity index (χ4v) is 14.4. The standard InChI is InChI=1S/C20H19N3O.C20H18N2O3.C20H18N2O2.C19H15FN2O2.C19H16N2O2/c1-21-13-16-11-12-19(24-16)20-17-9-5-6-10-18(17)23(22-20)14-15-7-3-2-4-8-15;1-24-15-7-9-17-18(11-15)22(12-14-5-3-2-4-6-14)21-20(17)19-10-8-16(13-23)25-19;1-23-14-16-11-12-19(24-16)20-17-9-5-6-10-18(17)22(21-20)13-15-7-3-2-4-8-15;20-14-6-8-16-17(10-14)22(11-13-4-2-1-3-5-13)21-19(16)18-9-7-15(12-23)24-18;22-13-15-10-11-18(23-15)19-16-8-4-5-9-17(16)21(20-19)12-14-6-2-1-3-7-14/h2-12,21H,13-14H2,1H3;2-11,23H,12-13H2,1H3;2-12H,13-14H2,1H3;1-10,23H,11-12H2;1-11,22H,12-13H2. The van der Waals surface area contributed by atoms with Gasteiger partial charge in [-0.1, -0.05) is 206 Å². The Morgan fingerprint density at radius 1 is 0.300 bits per heavy atom. The maximum Gasteiger partial charge on any atom is 0.155 e. The molecule has 21 nitrogen and oxygen atoms in total. The number of aliphatic hydroxyl groups excluding tert-OH is 3. The number of furan rings is 5. The molecule has 120 heavy (non-hydrogen) atoms. The second-order valence-corrected chi connectivity index (χ2v) is 28.3. The lowest BCUT2D eigenvalue weighted by atomic mass is 10.1. The van der Waals surface area contributed by atoms with Crippen molar-refractivity contribution in [3.8, 4) is 63.0 Å². The molecule has 0 aliphatic rings. The van der Waals surface area contributed by atoms with Crippen LogP contribution in [0.4, 0.5) is 4.39 Å². The summed E-state index contributed by atoms with van der Waals surface area (Å²) in [6.45, 7) is 4.13. The molecule has 0 saturated carbocycles. The van der Waals surface area contributed by atoms with Crippen molar-refractivity contribution >= 4 is 54.5 Å². The van der Waals surface area contributed by atoms with Crippen molar-refractivity contribution in [2.45, 2.75) is 65.7 Å². The molecule has 20 aromatic rings. The van der Waals surface area contributed by atoms with Crippen molar-refractivity contribution in [2.75, 3.05) is 21.3 Å². The number of nitrogens with zero attached hydrogens (tertiary/aromatic N) is 10. The van der Waals surface area contributed by atoms with Crippen molar-refractivity contribution in [2.24, 2.45) is 0 Å². The van der Waals surface area contributed by atoms with Crippen LogP contribution in [0.25, 0.3) is 112 Å². The average molecular weight is 1600 g/mol. The van der Waals surface area contributed by atoms with E-state index in [0.29, 0.717) is 78.6 Å². The number of benzene rings is 10. The second-order valence-electron chi connectivity index (χ2n) is 28.3. The fraction of sp³-hybridized carbons (Fsp3) is 0.133. The van der Waals surface area contributed by atoms with Crippen molar-refractivity contribution in [1.82, 2.24) is 54.2 Å². The minimum atomic E-state index is -0.307. The smallest absolute Gasteiger partial charge is 0.155 e. The molecule has 4 N–H and O–H groups in total. The summed E-state index contributed by atoms with van der Waals surface area (Å²) in [7, 11) is 5.22. The van der Waals surface area contributed by atoms with Crippen LogP contribution in [0, 0.1) is 5.82 Å². The predicted molar refractivity (Wildman–Crippen MR) is 463 cm³/mol. The Labute approximate surface area is 690 Å². The van der Waals surface area contributed by atoms with Gasteiger partial charge >= 0.3 is 0 Å². The highest BCUT2D eigenvalue weighted by Crippen LogP contribution is 2.37. The molecule has 10 aromatic carbocycles. The van der Waals surface area contributed by atoms with Crippen molar-refractivity contribution in [3.63, 3.8) is 0 Å². The largest absolute Gasteiger partial charge is 0.497 e. The zero-order valence-corrected chi connectivity index (χ0v) is 66.2. The van der Waals surface area contributed by atoms with E-state index in [-0.39, 0.29) is 25.6 Å².